The van der Waals surface area contributed by atoms with Gasteiger partial charge in [-0.2, -0.15) is 0 Å². The summed E-state index contributed by atoms with van der Waals surface area (Å²) >= 11 is 0. The highest BCUT2D eigenvalue weighted by molar-refractivity contribution is 5.88. The maximum absolute atomic E-state index is 12.1. The second kappa shape index (κ2) is 5.25. The Bertz CT molecular complexity index is 552. The molecule has 3 rings (SSSR count). The lowest BCUT2D eigenvalue weighted by molar-refractivity contribution is -0.130. The van der Waals surface area contributed by atoms with Crippen molar-refractivity contribution < 1.29 is 14.7 Å². The van der Waals surface area contributed by atoms with E-state index >= 15 is 0 Å². The molecule has 0 radical (unpaired) electrons. The third-order valence-electron chi connectivity index (χ3n) is 3.93. The van der Waals surface area contributed by atoms with Gasteiger partial charge in [0.05, 0.1) is 12.1 Å². The van der Waals surface area contributed by atoms with E-state index in [2.05, 4.69) is 5.32 Å². The van der Waals surface area contributed by atoms with Gasteiger partial charge >= 0.3 is 5.97 Å². The van der Waals surface area contributed by atoms with Crippen LogP contribution in [0.2, 0.25) is 0 Å². The maximum Gasteiger partial charge on any atom is 0.335 e. The Morgan fingerprint density at radius 2 is 2.00 bits per heavy atom. The molecule has 1 fully saturated rings. The van der Waals surface area contributed by atoms with Crippen LogP contribution in [0.5, 0.6) is 0 Å². The molecule has 1 heterocycles. The number of hydrogen-bond donors (Lipinski definition) is 2. The third kappa shape index (κ3) is 2.82. The molecule has 2 N–H and O–H groups in total. The molecule has 0 atom stereocenters. The number of nitrogens with zero attached hydrogens (tertiary/aromatic N) is 1. The van der Waals surface area contributed by atoms with E-state index < -0.39 is 5.97 Å². The first-order valence-electron chi connectivity index (χ1n) is 6.97. The lowest BCUT2D eigenvalue weighted by Gasteiger charge is -2.15. The van der Waals surface area contributed by atoms with Gasteiger partial charge in [0.15, 0.2) is 0 Å². The molecular weight excluding hydrogens is 256 g/mol. The molecule has 0 spiro atoms. The molecule has 2 aliphatic rings. The highest BCUT2D eigenvalue weighted by Crippen LogP contribution is 2.27. The summed E-state index contributed by atoms with van der Waals surface area (Å²) in [6.45, 7) is 2.39. The molecule has 1 aromatic carbocycles. The Hall–Kier alpha value is -1.88. The SMILES string of the molecule is O=C(O)c1ccc2c(c1)CN(C(=O)CNCC1CC1)C2. The molecule has 1 amide bonds. The fraction of sp³-hybridized carbons (Fsp3) is 0.467. The monoisotopic (exact) mass is 274 g/mol. The van der Waals surface area contributed by atoms with Crippen LogP contribution in [0.15, 0.2) is 18.2 Å². The summed E-state index contributed by atoms with van der Waals surface area (Å²) in [5.74, 6) is -0.0842. The van der Waals surface area contributed by atoms with Gasteiger partial charge in [0.2, 0.25) is 5.91 Å². The predicted molar refractivity (Wildman–Crippen MR) is 73.2 cm³/mol. The van der Waals surface area contributed by atoms with Gasteiger partial charge in [0.1, 0.15) is 0 Å². The number of aromatic carboxylic acids is 1. The molecule has 20 heavy (non-hydrogen) atoms. The zero-order valence-electron chi connectivity index (χ0n) is 11.3. The van der Waals surface area contributed by atoms with Crippen molar-refractivity contribution >= 4 is 11.9 Å². The molecule has 0 saturated heterocycles. The van der Waals surface area contributed by atoms with Crippen LogP contribution in [-0.2, 0) is 17.9 Å². The Kier molecular flexibility index (Phi) is 3.44. The Morgan fingerprint density at radius 3 is 2.70 bits per heavy atom. The van der Waals surface area contributed by atoms with Gasteiger partial charge in [0, 0.05) is 13.1 Å². The van der Waals surface area contributed by atoms with E-state index in [-0.39, 0.29) is 11.5 Å². The van der Waals surface area contributed by atoms with E-state index in [4.69, 9.17) is 5.11 Å². The first kappa shape index (κ1) is 13.1. The van der Waals surface area contributed by atoms with Crippen molar-refractivity contribution in [1.82, 2.24) is 10.2 Å². The Balaban J connectivity index is 1.57. The van der Waals surface area contributed by atoms with Crippen molar-refractivity contribution in [1.29, 1.82) is 0 Å². The molecule has 106 valence electrons. The van der Waals surface area contributed by atoms with E-state index in [1.165, 1.54) is 12.8 Å². The maximum atomic E-state index is 12.1. The van der Waals surface area contributed by atoms with E-state index in [1.54, 1.807) is 17.0 Å². The third-order valence-corrected chi connectivity index (χ3v) is 3.93. The minimum absolute atomic E-state index is 0.0822. The fourth-order valence-corrected chi connectivity index (χ4v) is 2.52. The summed E-state index contributed by atoms with van der Waals surface area (Å²) in [4.78, 5) is 24.8. The number of amides is 1. The van der Waals surface area contributed by atoms with Crippen LogP contribution < -0.4 is 5.32 Å². The smallest absolute Gasteiger partial charge is 0.335 e. The van der Waals surface area contributed by atoms with Crippen molar-refractivity contribution in [2.45, 2.75) is 25.9 Å². The largest absolute Gasteiger partial charge is 0.478 e. The Labute approximate surface area is 117 Å². The van der Waals surface area contributed by atoms with Crippen molar-refractivity contribution in [3.05, 3.63) is 34.9 Å². The number of hydrogen-bond acceptors (Lipinski definition) is 3. The zero-order chi connectivity index (χ0) is 14.1. The summed E-state index contributed by atoms with van der Waals surface area (Å²) in [5, 5.41) is 12.2. The van der Waals surface area contributed by atoms with Crippen LogP contribution in [0, 0.1) is 5.92 Å². The minimum atomic E-state index is -0.927. The van der Waals surface area contributed by atoms with Crippen LogP contribution in [-0.4, -0.2) is 35.0 Å². The number of carboxylic acids is 1. The molecule has 5 nitrogen and oxygen atoms in total. The number of fused-ring (bicyclic) bond motifs is 1. The summed E-state index contributed by atoms with van der Waals surface area (Å²) in [5.41, 5.74) is 2.27. The molecule has 1 aromatic rings. The molecule has 1 aliphatic heterocycles. The van der Waals surface area contributed by atoms with Crippen molar-refractivity contribution in [3.8, 4) is 0 Å². The van der Waals surface area contributed by atoms with Gasteiger partial charge in [-0.1, -0.05) is 6.07 Å². The van der Waals surface area contributed by atoms with E-state index in [0.29, 0.717) is 19.6 Å². The lowest BCUT2D eigenvalue weighted by Crippen LogP contribution is -2.35. The summed E-state index contributed by atoms with van der Waals surface area (Å²) < 4.78 is 0. The van der Waals surface area contributed by atoms with Crippen LogP contribution >= 0.6 is 0 Å². The quantitative estimate of drug-likeness (QED) is 0.847. The number of carboxylic acid groups (broad SMARTS) is 1. The first-order valence-corrected chi connectivity index (χ1v) is 6.97. The van der Waals surface area contributed by atoms with E-state index in [9.17, 15) is 9.59 Å². The average molecular weight is 274 g/mol. The highest BCUT2D eigenvalue weighted by atomic mass is 16.4. The van der Waals surface area contributed by atoms with Crippen LogP contribution in [0.25, 0.3) is 0 Å². The average Bonchev–Trinajstić information content (AvgIpc) is 3.14. The van der Waals surface area contributed by atoms with Gasteiger partial charge < -0.3 is 15.3 Å². The first-order chi connectivity index (χ1) is 9.63. The molecule has 0 bridgehead atoms. The minimum Gasteiger partial charge on any atom is -0.478 e. The summed E-state index contributed by atoms with van der Waals surface area (Å²) in [6, 6.07) is 5.08. The number of carbonyl (C=O) groups excluding carboxylic acids is 1. The molecular formula is C15H18N2O3. The normalized spacial score (nSPS) is 17.1. The molecule has 1 saturated carbocycles. The number of rotatable bonds is 5. The molecule has 0 unspecified atom stereocenters. The van der Waals surface area contributed by atoms with Crippen molar-refractivity contribution in [2.75, 3.05) is 13.1 Å². The van der Waals surface area contributed by atoms with Crippen molar-refractivity contribution in [2.24, 2.45) is 5.92 Å². The predicted octanol–water partition coefficient (Wildman–Crippen LogP) is 1.23. The number of benzene rings is 1. The summed E-state index contributed by atoms with van der Waals surface area (Å²) in [7, 11) is 0. The van der Waals surface area contributed by atoms with Crippen LogP contribution in [0.1, 0.15) is 34.3 Å². The standard InChI is InChI=1S/C15H18N2O3/c18-14(7-16-6-10-1-2-10)17-8-12-4-3-11(15(19)20)5-13(12)9-17/h3-5,10,16H,1-2,6-9H2,(H,19,20). The second-order valence-corrected chi connectivity index (χ2v) is 5.61. The van der Waals surface area contributed by atoms with Gasteiger partial charge in [-0.25, -0.2) is 4.79 Å². The zero-order valence-corrected chi connectivity index (χ0v) is 11.3. The highest BCUT2D eigenvalue weighted by Gasteiger charge is 2.25. The van der Waals surface area contributed by atoms with Gasteiger partial charge in [-0.15, -0.1) is 0 Å². The fourth-order valence-electron chi connectivity index (χ4n) is 2.52. The molecule has 5 heteroatoms. The molecule has 0 aromatic heterocycles. The van der Waals surface area contributed by atoms with Crippen molar-refractivity contribution in [3.63, 3.8) is 0 Å². The van der Waals surface area contributed by atoms with Gasteiger partial charge in [0.25, 0.3) is 0 Å². The summed E-state index contributed by atoms with van der Waals surface area (Å²) in [6.07, 6.45) is 2.54. The number of nitrogens with one attached hydrogen (secondary N) is 1. The Morgan fingerprint density at radius 1 is 1.25 bits per heavy atom. The van der Waals surface area contributed by atoms with E-state index in [0.717, 1.165) is 23.6 Å². The van der Waals surface area contributed by atoms with Gasteiger partial charge in [-0.05, 0) is 48.6 Å². The number of carbonyl (C=O) groups is 2. The topological polar surface area (TPSA) is 69.6 Å². The van der Waals surface area contributed by atoms with Gasteiger partial charge in [-0.3, -0.25) is 4.79 Å². The van der Waals surface area contributed by atoms with E-state index in [1.807, 2.05) is 6.07 Å². The van der Waals surface area contributed by atoms with Crippen LogP contribution in [0.3, 0.4) is 0 Å². The second-order valence-electron chi connectivity index (χ2n) is 5.61. The van der Waals surface area contributed by atoms with Crippen LogP contribution in [0.4, 0.5) is 0 Å². The lowest BCUT2D eigenvalue weighted by atomic mass is 10.1. The molecule has 1 aliphatic carbocycles.